The second kappa shape index (κ2) is 7.20. The number of likely N-dealkylation sites (N-methyl/N-ethyl adjacent to an activating group) is 1. The highest BCUT2D eigenvalue weighted by atomic mass is 16.2. The third kappa shape index (κ3) is 3.35. The summed E-state index contributed by atoms with van der Waals surface area (Å²) in [4.78, 5) is 18.7. The zero-order valence-electron chi connectivity index (χ0n) is 15.0. The predicted molar refractivity (Wildman–Crippen MR) is 98.1 cm³/mol. The zero-order valence-corrected chi connectivity index (χ0v) is 15.0. The van der Waals surface area contributed by atoms with Crippen LogP contribution in [-0.4, -0.2) is 42.0 Å². The number of pyridine rings is 1. The van der Waals surface area contributed by atoms with E-state index in [-0.39, 0.29) is 11.9 Å². The number of likely N-dealkylation sites (tertiary alicyclic amines) is 1. The Kier molecular flexibility index (Phi) is 5.00. The van der Waals surface area contributed by atoms with Crippen LogP contribution >= 0.6 is 0 Å². The fourth-order valence-corrected chi connectivity index (χ4v) is 3.95. The smallest absolute Gasteiger partial charge is 0.236 e. The van der Waals surface area contributed by atoms with Crippen LogP contribution in [0.1, 0.15) is 37.3 Å². The summed E-state index contributed by atoms with van der Waals surface area (Å²) in [5.41, 5.74) is 2.60. The summed E-state index contributed by atoms with van der Waals surface area (Å²) in [5.74, 6) is 0.891. The van der Waals surface area contributed by atoms with E-state index in [0.29, 0.717) is 17.4 Å². The molecule has 1 aromatic carbocycles. The van der Waals surface area contributed by atoms with E-state index in [1.807, 2.05) is 25.1 Å². The number of nitrogens with zero attached hydrogens (tertiary/aromatic N) is 3. The van der Waals surface area contributed by atoms with Crippen molar-refractivity contribution in [3.63, 3.8) is 0 Å². The van der Waals surface area contributed by atoms with Crippen molar-refractivity contribution in [3.05, 3.63) is 41.6 Å². The first kappa shape index (κ1) is 17.4. The maximum atomic E-state index is 12.1. The molecule has 1 N–H and O–H groups in total. The number of carbonyl (C=O) groups excluding carboxylic acids is 1. The molecule has 5 heteroatoms. The Balaban J connectivity index is 1.97. The van der Waals surface area contributed by atoms with Crippen molar-refractivity contribution in [2.24, 2.45) is 5.92 Å². The molecular weight excluding hydrogens is 312 g/mol. The van der Waals surface area contributed by atoms with E-state index in [9.17, 15) is 10.1 Å². The highest BCUT2D eigenvalue weighted by molar-refractivity contribution is 5.87. The first-order valence-corrected chi connectivity index (χ1v) is 8.78. The second-order valence-electron chi connectivity index (χ2n) is 7.00. The Morgan fingerprint density at radius 2 is 2.20 bits per heavy atom. The van der Waals surface area contributed by atoms with Gasteiger partial charge in [0.15, 0.2) is 0 Å². The number of hydrogen-bond acceptors (Lipinski definition) is 4. The van der Waals surface area contributed by atoms with Gasteiger partial charge in [0, 0.05) is 31.7 Å². The van der Waals surface area contributed by atoms with Crippen molar-refractivity contribution < 1.29 is 4.79 Å². The van der Waals surface area contributed by atoms with Gasteiger partial charge in [0.2, 0.25) is 5.91 Å². The number of nitriles is 1. The maximum absolute atomic E-state index is 12.1. The van der Waals surface area contributed by atoms with Crippen molar-refractivity contribution in [2.75, 3.05) is 20.1 Å². The van der Waals surface area contributed by atoms with Crippen LogP contribution in [0.25, 0.3) is 10.9 Å². The van der Waals surface area contributed by atoms with Gasteiger partial charge in [0.1, 0.15) is 6.07 Å². The van der Waals surface area contributed by atoms with Gasteiger partial charge in [-0.05, 0) is 42.9 Å². The minimum atomic E-state index is -0.141. The van der Waals surface area contributed by atoms with Crippen LogP contribution < -0.4 is 5.32 Å². The van der Waals surface area contributed by atoms with E-state index in [4.69, 9.17) is 0 Å². The molecule has 0 spiro atoms. The van der Waals surface area contributed by atoms with E-state index in [0.717, 1.165) is 30.4 Å². The molecule has 1 amide bonds. The molecule has 3 unspecified atom stereocenters. The summed E-state index contributed by atoms with van der Waals surface area (Å²) in [6.07, 6.45) is 2.81. The van der Waals surface area contributed by atoms with Crippen molar-refractivity contribution in [1.82, 2.24) is 15.2 Å². The van der Waals surface area contributed by atoms with Crippen molar-refractivity contribution in [2.45, 2.75) is 32.2 Å². The van der Waals surface area contributed by atoms with Crippen LogP contribution in [0.15, 0.2) is 30.5 Å². The average Bonchev–Trinajstić information content (AvgIpc) is 2.65. The molecule has 1 saturated heterocycles. The largest absolute Gasteiger partial charge is 0.358 e. The molecule has 0 bridgehead atoms. The Morgan fingerprint density at radius 3 is 2.92 bits per heavy atom. The number of hydrogen-bond donors (Lipinski definition) is 1. The quantitative estimate of drug-likeness (QED) is 0.935. The van der Waals surface area contributed by atoms with E-state index in [1.165, 1.54) is 5.56 Å². The van der Waals surface area contributed by atoms with Crippen molar-refractivity contribution in [3.8, 4) is 6.07 Å². The lowest BCUT2D eigenvalue weighted by atomic mass is 9.82. The molecule has 0 saturated carbocycles. The molecule has 3 rings (SSSR count). The molecule has 3 atom stereocenters. The van der Waals surface area contributed by atoms with Crippen LogP contribution in [0.2, 0.25) is 0 Å². The minimum absolute atomic E-state index is 0.0548. The van der Waals surface area contributed by atoms with Gasteiger partial charge in [-0.25, -0.2) is 0 Å². The molecule has 2 aromatic rings. The highest BCUT2D eigenvalue weighted by Crippen LogP contribution is 2.35. The van der Waals surface area contributed by atoms with Gasteiger partial charge in [-0.2, -0.15) is 5.26 Å². The Bertz CT molecular complexity index is 826. The number of fused-ring (bicyclic) bond motifs is 1. The Morgan fingerprint density at radius 1 is 1.40 bits per heavy atom. The molecule has 1 aliphatic rings. The van der Waals surface area contributed by atoms with Crippen LogP contribution in [0, 0.1) is 17.2 Å². The third-order valence-corrected chi connectivity index (χ3v) is 5.23. The van der Waals surface area contributed by atoms with Gasteiger partial charge in [0.25, 0.3) is 0 Å². The lowest BCUT2D eigenvalue weighted by Crippen LogP contribution is -2.49. The number of amides is 1. The highest BCUT2D eigenvalue weighted by Gasteiger charge is 2.31. The Labute approximate surface area is 148 Å². The van der Waals surface area contributed by atoms with Gasteiger partial charge >= 0.3 is 0 Å². The lowest BCUT2D eigenvalue weighted by Gasteiger charge is -2.39. The number of benzene rings is 1. The fraction of sp³-hybridized carbons (Fsp3) is 0.450. The van der Waals surface area contributed by atoms with Crippen molar-refractivity contribution in [1.29, 1.82) is 5.26 Å². The van der Waals surface area contributed by atoms with Crippen molar-refractivity contribution >= 4 is 16.8 Å². The average molecular weight is 336 g/mol. The molecule has 1 aliphatic heterocycles. The summed E-state index contributed by atoms with van der Waals surface area (Å²) in [6.45, 7) is 5.97. The molecule has 2 heterocycles. The first-order valence-electron chi connectivity index (χ1n) is 8.78. The summed E-state index contributed by atoms with van der Waals surface area (Å²) < 4.78 is 0. The molecule has 1 aromatic heterocycles. The second-order valence-corrected chi connectivity index (χ2v) is 7.00. The molecular formula is C20H24N4O. The van der Waals surface area contributed by atoms with Crippen LogP contribution in [0.4, 0.5) is 0 Å². The molecule has 0 aliphatic carbocycles. The van der Waals surface area contributed by atoms with E-state index in [1.54, 1.807) is 13.2 Å². The fourth-order valence-electron chi connectivity index (χ4n) is 3.95. The number of nitrogens with one attached hydrogen (secondary N) is 1. The molecule has 1 fully saturated rings. The zero-order chi connectivity index (χ0) is 18.0. The summed E-state index contributed by atoms with van der Waals surface area (Å²) in [5, 5.41) is 13.1. The molecule has 0 radical (unpaired) electrons. The topological polar surface area (TPSA) is 69.0 Å². The first-order chi connectivity index (χ1) is 12.0. The lowest BCUT2D eigenvalue weighted by molar-refractivity contribution is -0.126. The monoisotopic (exact) mass is 336 g/mol. The van der Waals surface area contributed by atoms with Gasteiger partial charge in [0.05, 0.1) is 17.1 Å². The number of rotatable bonds is 3. The van der Waals surface area contributed by atoms with Gasteiger partial charge in [-0.1, -0.05) is 19.1 Å². The van der Waals surface area contributed by atoms with Crippen LogP contribution in [-0.2, 0) is 4.79 Å². The molecule has 25 heavy (non-hydrogen) atoms. The van der Waals surface area contributed by atoms with Gasteiger partial charge in [-0.15, -0.1) is 0 Å². The number of piperidine rings is 1. The van der Waals surface area contributed by atoms with E-state index in [2.05, 4.69) is 34.3 Å². The summed E-state index contributed by atoms with van der Waals surface area (Å²) >= 11 is 0. The number of carbonyl (C=O) groups is 1. The van der Waals surface area contributed by atoms with Crippen LogP contribution in [0.5, 0.6) is 0 Å². The molecule has 5 nitrogen and oxygen atoms in total. The van der Waals surface area contributed by atoms with Gasteiger partial charge in [-0.3, -0.25) is 14.7 Å². The van der Waals surface area contributed by atoms with Gasteiger partial charge < -0.3 is 5.32 Å². The minimum Gasteiger partial charge on any atom is -0.358 e. The SMILES string of the molecule is CNC(=O)C(C)N1CC(C)CC(c2ccc(C#N)c3ncccc23)C1. The van der Waals surface area contributed by atoms with E-state index >= 15 is 0 Å². The predicted octanol–water partition coefficient (Wildman–Crippen LogP) is 2.67. The van der Waals surface area contributed by atoms with Crippen LogP contribution in [0.3, 0.4) is 0 Å². The third-order valence-electron chi connectivity index (χ3n) is 5.23. The standard InChI is InChI=1S/C20H24N4O/c1-13-9-16(12-24(11-13)14(2)20(25)22-3)17-7-6-15(10-21)19-18(17)5-4-8-23-19/h4-8,13-14,16H,9,11-12H2,1-3H3,(H,22,25). The number of aromatic nitrogens is 1. The maximum Gasteiger partial charge on any atom is 0.236 e. The Hall–Kier alpha value is -2.45. The summed E-state index contributed by atoms with van der Waals surface area (Å²) in [7, 11) is 1.68. The normalized spacial score (nSPS) is 22.3. The molecule has 130 valence electrons. The summed E-state index contributed by atoms with van der Waals surface area (Å²) in [6, 6.07) is 9.99. The van der Waals surface area contributed by atoms with E-state index < -0.39 is 0 Å².